The van der Waals surface area contributed by atoms with Crippen LogP contribution in [0.1, 0.15) is 43.2 Å². The van der Waals surface area contributed by atoms with Crippen LogP contribution in [0.4, 0.5) is 5.69 Å². The molecular formula is C14H22N4O3. The molecule has 7 nitrogen and oxygen atoms in total. The number of hydrogen-bond acceptors (Lipinski definition) is 4. The molecule has 116 valence electrons. The minimum absolute atomic E-state index is 0.000859. The van der Waals surface area contributed by atoms with Gasteiger partial charge in [0.05, 0.1) is 11.1 Å². The van der Waals surface area contributed by atoms with Crippen molar-refractivity contribution in [3.8, 4) is 0 Å². The molecule has 1 fully saturated rings. The Morgan fingerprint density at radius 2 is 2.10 bits per heavy atom. The summed E-state index contributed by atoms with van der Waals surface area (Å²) in [5.41, 5.74) is 0.350. The molecule has 21 heavy (non-hydrogen) atoms. The van der Waals surface area contributed by atoms with E-state index in [1.807, 2.05) is 13.8 Å². The summed E-state index contributed by atoms with van der Waals surface area (Å²) in [5, 5.41) is 14.2. The topological polar surface area (TPSA) is 80.4 Å². The van der Waals surface area contributed by atoms with Crippen LogP contribution in [0.2, 0.25) is 0 Å². The monoisotopic (exact) mass is 294 g/mol. The standard InChI is InChI=1S/C14H22N4O3/c1-10(2)17-9-12(18(20)21)8-13(17)14(19)16(3)11-4-6-15-7-5-11/h8-11,15H,4-7H2,1-3H3. The maximum absolute atomic E-state index is 12.7. The number of rotatable bonds is 4. The summed E-state index contributed by atoms with van der Waals surface area (Å²) in [7, 11) is 1.78. The molecule has 1 aromatic rings. The van der Waals surface area contributed by atoms with E-state index in [0.717, 1.165) is 25.9 Å². The molecule has 1 saturated heterocycles. The molecule has 0 bridgehead atoms. The second kappa shape index (κ2) is 6.26. The van der Waals surface area contributed by atoms with Crippen LogP contribution in [0.15, 0.2) is 12.3 Å². The molecule has 0 aromatic carbocycles. The van der Waals surface area contributed by atoms with E-state index in [9.17, 15) is 14.9 Å². The first kappa shape index (κ1) is 15.5. The zero-order chi connectivity index (χ0) is 15.6. The lowest BCUT2D eigenvalue weighted by Crippen LogP contribution is -2.44. The molecule has 0 radical (unpaired) electrons. The summed E-state index contributed by atoms with van der Waals surface area (Å²) in [4.78, 5) is 24.9. The first-order valence-corrected chi connectivity index (χ1v) is 7.26. The first-order valence-electron chi connectivity index (χ1n) is 7.26. The summed E-state index contributed by atoms with van der Waals surface area (Å²) in [6.45, 7) is 5.61. The van der Waals surface area contributed by atoms with Crippen molar-refractivity contribution >= 4 is 11.6 Å². The van der Waals surface area contributed by atoms with E-state index in [1.165, 1.54) is 12.3 Å². The van der Waals surface area contributed by atoms with E-state index < -0.39 is 4.92 Å². The summed E-state index contributed by atoms with van der Waals surface area (Å²) < 4.78 is 1.68. The van der Waals surface area contributed by atoms with Crippen LogP contribution in [0.5, 0.6) is 0 Å². The second-order valence-electron chi connectivity index (χ2n) is 5.74. The predicted molar refractivity (Wildman–Crippen MR) is 79.5 cm³/mol. The number of amides is 1. The van der Waals surface area contributed by atoms with Gasteiger partial charge in [-0.15, -0.1) is 0 Å². The minimum Gasteiger partial charge on any atom is -0.337 e. The zero-order valence-electron chi connectivity index (χ0n) is 12.7. The van der Waals surface area contributed by atoms with Gasteiger partial charge in [-0.05, 0) is 39.8 Å². The quantitative estimate of drug-likeness (QED) is 0.678. The Morgan fingerprint density at radius 3 is 2.62 bits per heavy atom. The Bertz CT molecular complexity index is 532. The van der Waals surface area contributed by atoms with Gasteiger partial charge < -0.3 is 14.8 Å². The zero-order valence-corrected chi connectivity index (χ0v) is 12.7. The lowest BCUT2D eigenvalue weighted by Gasteiger charge is -2.32. The molecular weight excluding hydrogens is 272 g/mol. The highest BCUT2D eigenvalue weighted by molar-refractivity contribution is 5.93. The molecule has 0 unspecified atom stereocenters. The lowest BCUT2D eigenvalue weighted by molar-refractivity contribution is -0.384. The van der Waals surface area contributed by atoms with Crippen molar-refractivity contribution in [3.05, 3.63) is 28.1 Å². The lowest BCUT2D eigenvalue weighted by atomic mass is 10.1. The Kier molecular flexibility index (Phi) is 4.62. The van der Waals surface area contributed by atoms with Gasteiger partial charge in [0.1, 0.15) is 5.69 Å². The SMILES string of the molecule is CC(C)n1cc([N+](=O)[O-])cc1C(=O)N(C)C1CCNCC1. The van der Waals surface area contributed by atoms with Crippen molar-refractivity contribution in [2.45, 2.75) is 38.8 Å². The third-order valence-electron chi connectivity index (χ3n) is 4.00. The average Bonchev–Trinajstić information content (AvgIpc) is 2.92. The molecule has 0 saturated carbocycles. The Balaban J connectivity index is 2.26. The number of piperidine rings is 1. The summed E-state index contributed by atoms with van der Waals surface area (Å²) in [6, 6.07) is 1.56. The van der Waals surface area contributed by atoms with E-state index in [-0.39, 0.29) is 23.7 Å². The van der Waals surface area contributed by atoms with Gasteiger partial charge in [0.25, 0.3) is 11.6 Å². The van der Waals surface area contributed by atoms with Gasteiger partial charge in [0.2, 0.25) is 0 Å². The predicted octanol–water partition coefficient (Wildman–Crippen LogP) is 1.80. The van der Waals surface area contributed by atoms with E-state index in [0.29, 0.717) is 5.69 Å². The fraction of sp³-hybridized carbons (Fsp3) is 0.643. The fourth-order valence-corrected chi connectivity index (χ4v) is 2.70. The maximum Gasteiger partial charge on any atom is 0.287 e. The highest BCUT2D eigenvalue weighted by Gasteiger charge is 2.27. The molecule has 1 N–H and O–H groups in total. The average molecular weight is 294 g/mol. The molecule has 1 amide bonds. The largest absolute Gasteiger partial charge is 0.337 e. The Morgan fingerprint density at radius 1 is 1.48 bits per heavy atom. The summed E-state index contributed by atoms with van der Waals surface area (Å²) in [5.74, 6) is -0.149. The number of nitro groups is 1. The molecule has 0 atom stereocenters. The molecule has 0 spiro atoms. The highest BCUT2D eigenvalue weighted by atomic mass is 16.6. The molecule has 1 aliphatic rings. The van der Waals surface area contributed by atoms with Crippen LogP contribution in [-0.4, -0.2) is 46.5 Å². The van der Waals surface area contributed by atoms with Gasteiger partial charge in [0.15, 0.2) is 0 Å². The van der Waals surface area contributed by atoms with Crippen molar-refractivity contribution in [2.24, 2.45) is 0 Å². The molecule has 2 heterocycles. The normalized spacial score (nSPS) is 16.2. The Hall–Kier alpha value is -1.89. The van der Waals surface area contributed by atoms with Crippen molar-refractivity contribution in [1.82, 2.24) is 14.8 Å². The molecule has 0 aliphatic carbocycles. The minimum atomic E-state index is -0.458. The molecule has 2 rings (SSSR count). The van der Waals surface area contributed by atoms with Gasteiger partial charge in [-0.2, -0.15) is 0 Å². The third-order valence-corrected chi connectivity index (χ3v) is 4.00. The first-order chi connectivity index (χ1) is 9.91. The van der Waals surface area contributed by atoms with Crippen LogP contribution < -0.4 is 5.32 Å². The van der Waals surface area contributed by atoms with Crippen molar-refractivity contribution in [3.63, 3.8) is 0 Å². The van der Waals surface area contributed by atoms with Crippen LogP contribution >= 0.6 is 0 Å². The number of aromatic nitrogens is 1. The van der Waals surface area contributed by atoms with Crippen molar-refractivity contribution in [1.29, 1.82) is 0 Å². The van der Waals surface area contributed by atoms with Gasteiger partial charge >= 0.3 is 0 Å². The van der Waals surface area contributed by atoms with Gasteiger partial charge in [-0.25, -0.2) is 0 Å². The van der Waals surface area contributed by atoms with Crippen LogP contribution in [0, 0.1) is 10.1 Å². The summed E-state index contributed by atoms with van der Waals surface area (Å²) >= 11 is 0. The van der Waals surface area contributed by atoms with Gasteiger partial charge in [0, 0.05) is 25.2 Å². The van der Waals surface area contributed by atoms with Gasteiger partial charge in [-0.3, -0.25) is 14.9 Å². The van der Waals surface area contributed by atoms with Gasteiger partial charge in [-0.1, -0.05) is 0 Å². The maximum atomic E-state index is 12.7. The smallest absolute Gasteiger partial charge is 0.287 e. The number of nitrogens with one attached hydrogen (secondary N) is 1. The summed E-state index contributed by atoms with van der Waals surface area (Å²) in [6.07, 6.45) is 3.26. The van der Waals surface area contributed by atoms with Crippen LogP contribution in [-0.2, 0) is 0 Å². The number of carbonyl (C=O) groups excluding carboxylic acids is 1. The van der Waals surface area contributed by atoms with Crippen LogP contribution in [0.25, 0.3) is 0 Å². The molecule has 1 aromatic heterocycles. The van der Waals surface area contributed by atoms with Crippen molar-refractivity contribution < 1.29 is 9.72 Å². The highest BCUT2D eigenvalue weighted by Crippen LogP contribution is 2.23. The van der Waals surface area contributed by atoms with E-state index in [1.54, 1.807) is 16.5 Å². The molecule has 7 heteroatoms. The Labute approximate surface area is 124 Å². The fourth-order valence-electron chi connectivity index (χ4n) is 2.70. The second-order valence-corrected chi connectivity index (χ2v) is 5.74. The van der Waals surface area contributed by atoms with E-state index >= 15 is 0 Å². The number of nitrogens with zero attached hydrogens (tertiary/aromatic N) is 3. The third kappa shape index (κ3) is 3.24. The van der Waals surface area contributed by atoms with Crippen molar-refractivity contribution in [2.75, 3.05) is 20.1 Å². The van der Waals surface area contributed by atoms with E-state index in [4.69, 9.17) is 0 Å². The molecule has 1 aliphatic heterocycles. The number of carbonyl (C=O) groups is 1. The number of hydrogen-bond donors (Lipinski definition) is 1. The van der Waals surface area contributed by atoms with Crippen LogP contribution in [0.3, 0.4) is 0 Å². The van der Waals surface area contributed by atoms with E-state index in [2.05, 4.69) is 5.32 Å².